The molecule has 0 atom stereocenters. The first kappa shape index (κ1) is 17.5. The first-order valence-corrected chi connectivity index (χ1v) is 8.17. The molecule has 0 radical (unpaired) electrons. The number of aromatic amines is 1. The number of H-pyrrole nitrogens is 1. The zero-order valence-electron chi connectivity index (χ0n) is 14.1. The lowest BCUT2D eigenvalue weighted by Crippen LogP contribution is -2.37. The van der Waals surface area contributed by atoms with Crippen molar-refractivity contribution >= 4 is 5.82 Å². The van der Waals surface area contributed by atoms with Crippen LogP contribution in [0.3, 0.4) is 0 Å². The summed E-state index contributed by atoms with van der Waals surface area (Å²) >= 11 is 0. The minimum atomic E-state index is -0.456. The van der Waals surface area contributed by atoms with Crippen LogP contribution in [-0.2, 0) is 6.54 Å². The third-order valence-corrected chi connectivity index (χ3v) is 3.79. The number of hydrogen-bond donors (Lipinski definition) is 1. The second-order valence-corrected chi connectivity index (χ2v) is 5.64. The predicted octanol–water partition coefficient (Wildman–Crippen LogP) is 2.08. The summed E-state index contributed by atoms with van der Waals surface area (Å²) in [7, 11) is 0. The Labute approximate surface area is 141 Å². The van der Waals surface area contributed by atoms with Crippen LogP contribution in [-0.4, -0.2) is 22.6 Å². The number of anilines is 1. The van der Waals surface area contributed by atoms with Crippen molar-refractivity contribution in [2.75, 3.05) is 18.0 Å². The molecule has 0 spiro atoms. The summed E-state index contributed by atoms with van der Waals surface area (Å²) in [6, 6.07) is 10.8. The standard InChI is InChI=1S/C18H22N4O2/c1-3-9-21(10-4-2)17-11-16(23)20-18(24)22(17)13-15-8-6-5-7-14(15)12-19/h5-8,11H,3-4,9-10,13H2,1-2H3,(H,20,23,24). The van der Waals surface area contributed by atoms with Crippen LogP contribution in [0.1, 0.15) is 37.8 Å². The number of nitriles is 1. The van der Waals surface area contributed by atoms with Crippen molar-refractivity contribution in [3.63, 3.8) is 0 Å². The molecule has 0 aliphatic carbocycles. The van der Waals surface area contributed by atoms with Crippen LogP contribution in [0.5, 0.6) is 0 Å². The average molecular weight is 326 g/mol. The molecule has 0 saturated carbocycles. The van der Waals surface area contributed by atoms with E-state index in [4.69, 9.17) is 0 Å². The second kappa shape index (κ2) is 8.16. The van der Waals surface area contributed by atoms with Crippen molar-refractivity contribution in [1.29, 1.82) is 5.26 Å². The summed E-state index contributed by atoms with van der Waals surface area (Å²) in [4.78, 5) is 28.5. The smallest absolute Gasteiger partial charge is 0.330 e. The maximum Gasteiger partial charge on any atom is 0.330 e. The van der Waals surface area contributed by atoms with Gasteiger partial charge in [-0.25, -0.2) is 4.79 Å². The van der Waals surface area contributed by atoms with Gasteiger partial charge in [0.1, 0.15) is 5.82 Å². The number of rotatable bonds is 7. The number of nitrogens with one attached hydrogen (secondary N) is 1. The van der Waals surface area contributed by atoms with Crippen LogP contribution in [0, 0.1) is 11.3 Å². The van der Waals surface area contributed by atoms with Crippen molar-refractivity contribution < 1.29 is 0 Å². The Bertz CT molecular complexity index is 839. The van der Waals surface area contributed by atoms with Gasteiger partial charge < -0.3 is 4.90 Å². The van der Waals surface area contributed by atoms with E-state index in [-0.39, 0.29) is 6.54 Å². The molecule has 1 aromatic heterocycles. The molecule has 0 amide bonds. The fourth-order valence-corrected chi connectivity index (χ4v) is 2.74. The van der Waals surface area contributed by atoms with E-state index in [1.165, 1.54) is 10.6 Å². The molecule has 1 N–H and O–H groups in total. The summed E-state index contributed by atoms with van der Waals surface area (Å²) in [5, 5.41) is 9.25. The van der Waals surface area contributed by atoms with Gasteiger partial charge in [0, 0.05) is 19.2 Å². The van der Waals surface area contributed by atoms with Crippen molar-refractivity contribution in [1.82, 2.24) is 9.55 Å². The van der Waals surface area contributed by atoms with Gasteiger partial charge in [-0.1, -0.05) is 32.0 Å². The van der Waals surface area contributed by atoms with Gasteiger partial charge in [0.2, 0.25) is 0 Å². The molecular formula is C18H22N4O2. The van der Waals surface area contributed by atoms with E-state index in [9.17, 15) is 14.9 Å². The molecule has 2 aromatic rings. The summed E-state index contributed by atoms with van der Waals surface area (Å²) in [6.45, 7) is 5.89. The maximum absolute atomic E-state index is 12.4. The van der Waals surface area contributed by atoms with Gasteiger partial charge in [0.25, 0.3) is 5.56 Å². The molecule has 2 rings (SSSR count). The highest BCUT2D eigenvalue weighted by atomic mass is 16.2. The van der Waals surface area contributed by atoms with Crippen LogP contribution in [0.2, 0.25) is 0 Å². The summed E-state index contributed by atoms with van der Waals surface area (Å²) in [5.41, 5.74) is 0.418. The number of nitrogens with zero attached hydrogens (tertiary/aromatic N) is 3. The fourth-order valence-electron chi connectivity index (χ4n) is 2.74. The fraction of sp³-hybridized carbons (Fsp3) is 0.389. The average Bonchev–Trinajstić information content (AvgIpc) is 2.57. The lowest BCUT2D eigenvalue weighted by atomic mass is 10.1. The van der Waals surface area contributed by atoms with Gasteiger partial charge in [-0.3, -0.25) is 14.3 Å². The first-order valence-electron chi connectivity index (χ1n) is 8.17. The van der Waals surface area contributed by atoms with E-state index in [2.05, 4.69) is 24.9 Å². The van der Waals surface area contributed by atoms with E-state index in [1.54, 1.807) is 12.1 Å². The minimum Gasteiger partial charge on any atom is -0.358 e. The Morgan fingerprint density at radius 3 is 2.46 bits per heavy atom. The molecule has 1 heterocycles. The molecule has 0 aliphatic rings. The molecule has 0 bridgehead atoms. The van der Waals surface area contributed by atoms with E-state index >= 15 is 0 Å². The second-order valence-electron chi connectivity index (χ2n) is 5.64. The van der Waals surface area contributed by atoms with Gasteiger partial charge >= 0.3 is 5.69 Å². The quantitative estimate of drug-likeness (QED) is 0.844. The minimum absolute atomic E-state index is 0.249. The SMILES string of the molecule is CCCN(CCC)c1cc(=O)[nH]c(=O)n1Cc1ccccc1C#N. The Balaban J connectivity index is 2.54. The van der Waals surface area contributed by atoms with Crippen molar-refractivity contribution in [2.45, 2.75) is 33.2 Å². The highest BCUT2D eigenvalue weighted by Gasteiger charge is 2.14. The van der Waals surface area contributed by atoms with Crippen molar-refractivity contribution in [3.05, 3.63) is 62.3 Å². The van der Waals surface area contributed by atoms with Crippen LogP contribution in [0.4, 0.5) is 5.82 Å². The molecule has 24 heavy (non-hydrogen) atoms. The zero-order valence-corrected chi connectivity index (χ0v) is 14.1. The first-order chi connectivity index (χ1) is 11.6. The molecule has 0 fully saturated rings. The monoisotopic (exact) mass is 326 g/mol. The summed E-state index contributed by atoms with van der Waals surface area (Å²) in [6.07, 6.45) is 1.82. The summed E-state index contributed by atoms with van der Waals surface area (Å²) in [5.74, 6) is 0.597. The highest BCUT2D eigenvalue weighted by molar-refractivity contribution is 5.42. The number of aromatic nitrogens is 2. The molecule has 0 aliphatic heterocycles. The van der Waals surface area contributed by atoms with E-state index in [1.807, 2.05) is 17.0 Å². The zero-order chi connectivity index (χ0) is 17.5. The van der Waals surface area contributed by atoms with Gasteiger partial charge in [-0.05, 0) is 24.5 Å². The van der Waals surface area contributed by atoms with Gasteiger partial charge in [-0.15, -0.1) is 0 Å². The maximum atomic E-state index is 12.4. The van der Waals surface area contributed by atoms with E-state index in [0.29, 0.717) is 11.4 Å². The van der Waals surface area contributed by atoms with Gasteiger partial charge in [0.15, 0.2) is 0 Å². The normalized spacial score (nSPS) is 10.4. The summed E-state index contributed by atoms with van der Waals surface area (Å²) < 4.78 is 1.53. The Morgan fingerprint density at radius 1 is 1.17 bits per heavy atom. The lowest BCUT2D eigenvalue weighted by molar-refractivity contribution is 0.656. The molecular weight excluding hydrogens is 304 g/mol. The Hall–Kier alpha value is -2.81. The van der Waals surface area contributed by atoms with E-state index < -0.39 is 11.2 Å². The topological polar surface area (TPSA) is 81.9 Å². The van der Waals surface area contributed by atoms with Crippen molar-refractivity contribution in [2.24, 2.45) is 0 Å². The molecule has 0 unspecified atom stereocenters. The number of hydrogen-bond acceptors (Lipinski definition) is 4. The number of benzene rings is 1. The molecule has 0 saturated heterocycles. The highest BCUT2D eigenvalue weighted by Crippen LogP contribution is 2.15. The van der Waals surface area contributed by atoms with Crippen LogP contribution in [0.25, 0.3) is 0 Å². The van der Waals surface area contributed by atoms with E-state index in [0.717, 1.165) is 31.5 Å². The van der Waals surface area contributed by atoms with Crippen LogP contribution < -0.4 is 16.1 Å². The molecule has 6 heteroatoms. The molecule has 126 valence electrons. The Kier molecular flexibility index (Phi) is 5.96. The van der Waals surface area contributed by atoms with Crippen LogP contribution in [0.15, 0.2) is 39.9 Å². The van der Waals surface area contributed by atoms with Gasteiger partial charge in [0.05, 0.1) is 18.2 Å². The predicted molar refractivity (Wildman–Crippen MR) is 94.4 cm³/mol. The van der Waals surface area contributed by atoms with Crippen LogP contribution >= 0.6 is 0 Å². The third-order valence-electron chi connectivity index (χ3n) is 3.79. The molecule has 6 nitrogen and oxygen atoms in total. The Morgan fingerprint density at radius 2 is 1.83 bits per heavy atom. The van der Waals surface area contributed by atoms with Crippen molar-refractivity contribution in [3.8, 4) is 6.07 Å². The molecule has 1 aromatic carbocycles. The third kappa shape index (κ3) is 3.93. The largest absolute Gasteiger partial charge is 0.358 e. The lowest BCUT2D eigenvalue weighted by Gasteiger charge is -2.26. The van der Waals surface area contributed by atoms with Gasteiger partial charge in [-0.2, -0.15) is 5.26 Å².